The molecule has 1 N–H and O–H groups in total. The number of hydrogen-bond donors (Lipinski definition) is 1. The minimum Gasteiger partial charge on any atom is -0.384 e. The van der Waals surface area contributed by atoms with E-state index in [-0.39, 0.29) is 5.82 Å². The van der Waals surface area contributed by atoms with Crippen LogP contribution in [0.3, 0.4) is 0 Å². The number of fused-ring (bicyclic) bond motifs is 1. The lowest BCUT2D eigenvalue weighted by molar-refractivity contribution is 0.621. The first-order chi connectivity index (χ1) is 5.27. The van der Waals surface area contributed by atoms with E-state index in [0.29, 0.717) is 4.47 Å². The van der Waals surface area contributed by atoms with Gasteiger partial charge in [-0.05, 0) is 40.0 Å². The third-order valence-corrected chi connectivity index (χ3v) is 2.46. The summed E-state index contributed by atoms with van der Waals surface area (Å²) in [6, 6.07) is 3.37. The Kier molecular flexibility index (Phi) is 1.60. The number of rotatable bonds is 0. The highest BCUT2D eigenvalue weighted by Gasteiger charge is 2.12. The molecule has 0 aromatic heterocycles. The van der Waals surface area contributed by atoms with E-state index in [0.717, 1.165) is 18.7 Å². The predicted molar refractivity (Wildman–Crippen MR) is 46.3 cm³/mol. The number of hydrogen-bond acceptors (Lipinski definition) is 1. The minimum atomic E-state index is -0.196. The summed E-state index contributed by atoms with van der Waals surface area (Å²) in [7, 11) is 0. The van der Waals surface area contributed by atoms with E-state index in [2.05, 4.69) is 21.2 Å². The first-order valence-corrected chi connectivity index (χ1v) is 4.28. The summed E-state index contributed by atoms with van der Waals surface area (Å²) in [4.78, 5) is 0. The van der Waals surface area contributed by atoms with Crippen molar-refractivity contribution in [1.29, 1.82) is 0 Å². The molecular weight excluding hydrogens is 209 g/mol. The third kappa shape index (κ3) is 1.13. The molecule has 1 aliphatic rings. The van der Waals surface area contributed by atoms with E-state index in [1.807, 2.05) is 6.07 Å². The van der Waals surface area contributed by atoms with E-state index >= 15 is 0 Å². The Labute approximate surface area is 72.7 Å². The van der Waals surface area contributed by atoms with Crippen LogP contribution in [0.1, 0.15) is 5.56 Å². The van der Waals surface area contributed by atoms with Crippen molar-refractivity contribution in [2.45, 2.75) is 6.42 Å². The van der Waals surface area contributed by atoms with Gasteiger partial charge in [0.1, 0.15) is 5.82 Å². The summed E-state index contributed by atoms with van der Waals surface area (Å²) in [5, 5.41) is 3.11. The van der Waals surface area contributed by atoms with Crippen LogP contribution < -0.4 is 5.32 Å². The summed E-state index contributed by atoms with van der Waals surface area (Å²) >= 11 is 3.15. The van der Waals surface area contributed by atoms with Gasteiger partial charge in [-0.25, -0.2) is 4.39 Å². The maximum absolute atomic E-state index is 12.9. The van der Waals surface area contributed by atoms with Gasteiger partial charge in [0.2, 0.25) is 0 Å². The monoisotopic (exact) mass is 215 g/mol. The van der Waals surface area contributed by atoms with E-state index in [1.54, 1.807) is 0 Å². The maximum atomic E-state index is 12.9. The SMILES string of the molecule is Fc1cc2c(cc1Br)CCN2. The topological polar surface area (TPSA) is 12.0 Å². The zero-order valence-electron chi connectivity index (χ0n) is 5.82. The number of nitrogens with one attached hydrogen (secondary N) is 1. The number of anilines is 1. The van der Waals surface area contributed by atoms with Crippen molar-refractivity contribution in [3.05, 3.63) is 28.0 Å². The fourth-order valence-corrected chi connectivity index (χ4v) is 1.68. The highest BCUT2D eigenvalue weighted by molar-refractivity contribution is 9.10. The maximum Gasteiger partial charge on any atom is 0.139 e. The summed E-state index contributed by atoms with van der Waals surface area (Å²) in [6.45, 7) is 0.922. The molecule has 11 heavy (non-hydrogen) atoms. The average Bonchev–Trinajstić information content (AvgIpc) is 2.36. The fraction of sp³-hybridized carbons (Fsp3) is 0.250. The first-order valence-electron chi connectivity index (χ1n) is 3.49. The molecule has 1 aliphatic heterocycles. The highest BCUT2D eigenvalue weighted by atomic mass is 79.9. The van der Waals surface area contributed by atoms with Crippen LogP contribution in [0.5, 0.6) is 0 Å². The van der Waals surface area contributed by atoms with Gasteiger partial charge < -0.3 is 5.32 Å². The second-order valence-corrected chi connectivity index (χ2v) is 3.45. The Morgan fingerprint density at radius 3 is 3.09 bits per heavy atom. The van der Waals surface area contributed by atoms with Gasteiger partial charge in [0, 0.05) is 12.2 Å². The second kappa shape index (κ2) is 2.48. The molecule has 0 saturated heterocycles. The quantitative estimate of drug-likeness (QED) is 0.702. The molecule has 0 fully saturated rings. The standard InChI is InChI=1S/C8H7BrFN/c9-6-3-5-1-2-11-8(5)4-7(6)10/h3-4,11H,1-2H2. The van der Waals surface area contributed by atoms with Crippen LogP contribution in [0.4, 0.5) is 10.1 Å². The van der Waals surface area contributed by atoms with E-state index in [4.69, 9.17) is 0 Å². The van der Waals surface area contributed by atoms with Gasteiger partial charge in [0.05, 0.1) is 4.47 Å². The third-order valence-electron chi connectivity index (χ3n) is 1.86. The highest BCUT2D eigenvalue weighted by Crippen LogP contribution is 2.27. The molecule has 0 bridgehead atoms. The Balaban J connectivity index is 2.57. The van der Waals surface area contributed by atoms with E-state index in [9.17, 15) is 4.39 Å². The van der Waals surface area contributed by atoms with Crippen LogP contribution in [0.25, 0.3) is 0 Å². The molecule has 0 saturated carbocycles. The fourth-order valence-electron chi connectivity index (χ4n) is 1.29. The van der Waals surface area contributed by atoms with E-state index in [1.165, 1.54) is 11.6 Å². The van der Waals surface area contributed by atoms with Crippen molar-refractivity contribution in [2.75, 3.05) is 11.9 Å². The minimum absolute atomic E-state index is 0.196. The zero-order valence-corrected chi connectivity index (χ0v) is 7.41. The molecule has 1 aromatic carbocycles. The van der Waals surface area contributed by atoms with Crippen LogP contribution in [-0.4, -0.2) is 6.54 Å². The lowest BCUT2D eigenvalue weighted by Crippen LogP contribution is -1.91. The average molecular weight is 216 g/mol. The van der Waals surface area contributed by atoms with Crippen molar-refractivity contribution >= 4 is 21.6 Å². The second-order valence-electron chi connectivity index (χ2n) is 2.60. The van der Waals surface area contributed by atoms with Gasteiger partial charge in [0.25, 0.3) is 0 Å². The Morgan fingerprint density at radius 2 is 2.27 bits per heavy atom. The molecule has 58 valence electrons. The number of halogens is 2. The lowest BCUT2D eigenvalue weighted by Gasteiger charge is -2.00. The Hall–Kier alpha value is -0.570. The van der Waals surface area contributed by atoms with Crippen molar-refractivity contribution in [3.63, 3.8) is 0 Å². The van der Waals surface area contributed by atoms with Gasteiger partial charge in [-0.2, -0.15) is 0 Å². The molecule has 0 atom stereocenters. The zero-order chi connectivity index (χ0) is 7.84. The van der Waals surface area contributed by atoms with Crippen LogP contribution >= 0.6 is 15.9 Å². The smallest absolute Gasteiger partial charge is 0.139 e. The molecule has 0 aliphatic carbocycles. The predicted octanol–water partition coefficient (Wildman–Crippen LogP) is 2.56. The van der Waals surface area contributed by atoms with E-state index < -0.39 is 0 Å². The van der Waals surface area contributed by atoms with Gasteiger partial charge in [-0.1, -0.05) is 0 Å². The van der Waals surface area contributed by atoms with Gasteiger partial charge in [-0.3, -0.25) is 0 Å². The molecule has 0 radical (unpaired) electrons. The molecule has 0 spiro atoms. The molecule has 2 rings (SSSR count). The molecule has 1 heterocycles. The van der Waals surface area contributed by atoms with Gasteiger partial charge in [0.15, 0.2) is 0 Å². The molecule has 1 nitrogen and oxygen atoms in total. The summed E-state index contributed by atoms with van der Waals surface area (Å²) in [5.74, 6) is -0.196. The van der Waals surface area contributed by atoms with Crippen LogP contribution in [0.15, 0.2) is 16.6 Å². The summed E-state index contributed by atoms with van der Waals surface area (Å²) < 4.78 is 13.4. The molecule has 3 heteroatoms. The molecule has 0 amide bonds. The van der Waals surface area contributed by atoms with Crippen molar-refractivity contribution in [3.8, 4) is 0 Å². The Morgan fingerprint density at radius 1 is 1.45 bits per heavy atom. The van der Waals surface area contributed by atoms with Crippen molar-refractivity contribution in [2.24, 2.45) is 0 Å². The Bertz CT molecular complexity index is 269. The summed E-state index contributed by atoms with van der Waals surface area (Å²) in [5.41, 5.74) is 2.13. The van der Waals surface area contributed by atoms with Gasteiger partial charge >= 0.3 is 0 Å². The van der Waals surface area contributed by atoms with Crippen LogP contribution in [0.2, 0.25) is 0 Å². The normalized spacial score (nSPS) is 14.4. The lowest BCUT2D eigenvalue weighted by atomic mass is 10.2. The van der Waals surface area contributed by atoms with Crippen molar-refractivity contribution in [1.82, 2.24) is 0 Å². The first kappa shape index (κ1) is 7.10. The van der Waals surface area contributed by atoms with Crippen molar-refractivity contribution < 1.29 is 4.39 Å². The molecule has 0 unspecified atom stereocenters. The molecule has 1 aromatic rings. The molecular formula is C8H7BrFN. The van der Waals surface area contributed by atoms with Crippen LogP contribution in [0, 0.1) is 5.82 Å². The summed E-state index contributed by atoms with van der Waals surface area (Å²) in [6.07, 6.45) is 0.994. The number of benzene rings is 1. The van der Waals surface area contributed by atoms with Gasteiger partial charge in [-0.15, -0.1) is 0 Å². The largest absolute Gasteiger partial charge is 0.384 e. The van der Waals surface area contributed by atoms with Crippen LogP contribution in [-0.2, 0) is 6.42 Å².